The van der Waals surface area contributed by atoms with Crippen molar-refractivity contribution in [3.05, 3.63) is 191 Å². The maximum Gasteiger partial charge on any atom is 0.276 e. The van der Waals surface area contributed by atoms with Crippen LogP contribution >= 0.6 is 22.1 Å². The maximum atomic E-state index is 14.6. The summed E-state index contributed by atoms with van der Waals surface area (Å²) in [4.78, 5) is 96.0. The van der Waals surface area contributed by atoms with Crippen LogP contribution in [0.2, 0.25) is 0 Å². The third-order valence-electron chi connectivity index (χ3n) is 17.8. The van der Waals surface area contributed by atoms with Gasteiger partial charge in [-0.15, -0.1) is 0 Å². The summed E-state index contributed by atoms with van der Waals surface area (Å²) in [6, 6.07) is 42.0. The molecule has 2 amide bonds. The Morgan fingerprint density at radius 3 is 1.31 bits per heavy atom. The molecule has 0 radical (unpaired) electrons. The number of carbonyl (C=O) groups excluding carboxylic acids is 3. The minimum atomic E-state index is -4.31. The van der Waals surface area contributed by atoms with Crippen LogP contribution in [0.4, 0.5) is 0 Å². The average Bonchev–Trinajstić information content (AvgIpc) is 0.832. The summed E-state index contributed by atoms with van der Waals surface area (Å²) in [5.41, 5.74) is 9.06. The predicted octanol–water partition coefficient (Wildman–Crippen LogP) is 3.99. The number of unbranched alkanes of at least 4 members (excludes halogenated alkanes) is 1. The summed E-state index contributed by atoms with van der Waals surface area (Å²) in [5, 5.41) is 6.61. The highest BCUT2D eigenvalue weighted by Gasteiger charge is 2.32. The summed E-state index contributed by atoms with van der Waals surface area (Å²) in [5.74, 6) is 5.79. The van der Waals surface area contributed by atoms with Crippen LogP contribution in [0.5, 0.6) is 5.75 Å². The molecule has 28 heteroatoms. The molecular formula is C74H98N11O13P3S+2. The highest BCUT2D eigenvalue weighted by atomic mass is 32.2. The van der Waals surface area contributed by atoms with Crippen molar-refractivity contribution in [3.63, 3.8) is 0 Å². The van der Waals surface area contributed by atoms with Crippen molar-refractivity contribution in [3.8, 4) is 17.6 Å². The van der Waals surface area contributed by atoms with E-state index in [1.54, 1.807) is 133 Å². The Morgan fingerprint density at radius 1 is 0.539 bits per heavy atom. The fourth-order valence-corrected chi connectivity index (χ4v) is 16.5. The second-order valence-electron chi connectivity index (χ2n) is 27.2. The molecule has 102 heavy (non-hydrogen) atoms. The molecule has 1 fully saturated rings. The van der Waals surface area contributed by atoms with Crippen molar-refractivity contribution in [1.29, 1.82) is 0 Å². The Labute approximate surface area is 600 Å². The van der Waals surface area contributed by atoms with Gasteiger partial charge >= 0.3 is 0 Å². The predicted molar refractivity (Wildman–Crippen MR) is 399 cm³/mol. The summed E-state index contributed by atoms with van der Waals surface area (Å²) in [6.07, 6.45) is 3.03. The highest BCUT2D eigenvalue weighted by molar-refractivity contribution is 7.85. The van der Waals surface area contributed by atoms with E-state index in [9.17, 15) is 55.7 Å². The first-order chi connectivity index (χ1) is 48.5. The minimum Gasteiger partial charge on any atom is -0.486 e. The van der Waals surface area contributed by atoms with Crippen LogP contribution in [0.25, 0.3) is 0 Å². The number of quaternary nitrogens is 2. The number of nitrogens with one attached hydrogen (secondary N) is 2. The van der Waals surface area contributed by atoms with Crippen molar-refractivity contribution in [1.82, 2.24) is 40.3 Å². The van der Waals surface area contributed by atoms with Gasteiger partial charge in [-0.05, 0) is 127 Å². The zero-order valence-corrected chi connectivity index (χ0v) is 62.5. The maximum absolute atomic E-state index is 14.6. The molecule has 4 heterocycles. The Kier molecular flexibility index (Phi) is 29.3. The van der Waals surface area contributed by atoms with E-state index in [4.69, 9.17) is 25.4 Å². The first-order valence-corrected chi connectivity index (χ1v) is 41.0. The highest BCUT2D eigenvalue weighted by Crippen LogP contribution is 2.40. The Bertz CT molecular complexity index is 4300. The van der Waals surface area contributed by atoms with E-state index in [0.717, 1.165) is 30.4 Å². The summed E-state index contributed by atoms with van der Waals surface area (Å²) >= 11 is 0. The number of nitrogens with zero attached hydrogens (tertiary/aromatic N) is 8. The van der Waals surface area contributed by atoms with E-state index in [1.165, 1.54) is 6.07 Å². The number of aryl methyl sites for hydroxylation is 2. The van der Waals surface area contributed by atoms with Crippen molar-refractivity contribution >= 4 is 82.0 Å². The number of amides is 2. The van der Waals surface area contributed by atoms with Crippen molar-refractivity contribution in [2.75, 3.05) is 126 Å². The van der Waals surface area contributed by atoms with E-state index in [0.29, 0.717) is 115 Å². The van der Waals surface area contributed by atoms with Gasteiger partial charge in [-0.25, -0.2) is 15.0 Å². The molecule has 0 saturated carbocycles. The number of nitrogens with two attached hydrogens (primary N) is 1. The minimum absolute atomic E-state index is 0.0155. The van der Waals surface area contributed by atoms with E-state index in [2.05, 4.69) is 58.2 Å². The molecule has 1 aliphatic heterocycles. The van der Waals surface area contributed by atoms with E-state index in [1.807, 2.05) is 26.2 Å². The smallest absolute Gasteiger partial charge is 0.276 e. The quantitative estimate of drug-likeness (QED) is 0.0128. The molecule has 3 unspecified atom stereocenters. The number of hydrogen-bond donors (Lipinski definition) is 7. The monoisotopic (exact) mass is 1470 g/mol. The average molecular weight is 1470 g/mol. The zero-order valence-electron chi connectivity index (χ0n) is 59.0. The fraction of sp³-hybridized carbons (Fsp3) is 0.405. The summed E-state index contributed by atoms with van der Waals surface area (Å²) in [6.45, 7) is 8.47. The van der Waals surface area contributed by atoms with Crippen LogP contribution < -0.4 is 53.3 Å². The molecule has 8 rings (SSSR count). The molecule has 0 spiro atoms. The molecule has 0 bridgehead atoms. The van der Waals surface area contributed by atoms with Gasteiger partial charge in [0.15, 0.2) is 5.78 Å². The van der Waals surface area contributed by atoms with Gasteiger partial charge in [0, 0.05) is 105 Å². The van der Waals surface area contributed by atoms with Crippen LogP contribution in [-0.4, -0.2) is 209 Å². The molecule has 546 valence electrons. The van der Waals surface area contributed by atoms with Gasteiger partial charge in [0.2, 0.25) is 11.8 Å². The molecular weight excluding hydrogens is 1380 g/mol. The SMILES string of the molecule is CCCC[N+](C)(C)CCNC(=O)CCc1cc(CN2CCN(Cc3cc(C#Cc4ccc(OCC(=O)CN)cc4)cc(P(=O)(O)c4ccccc4)n3)CCN(Cc3cc(CCC(=O)NCC[N+](C)(C)CCCS(=O)(=O)O)cc(P(=O)(O)c4ccccc4)n3)CC2)nc(P(=O)(O)c2ccccc2)c1. The number of pyridine rings is 3. The topological polar surface area (TPSA) is 325 Å². The van der Waals surface area contributed by atoms with E-state index < -0.39 is 32.2 Å². The van der Waals surface area contributed by atoms with Crippen LogP contribution in [0.3, 0.4) is 0 Å². The Morgan fingerprint density at radius 2 is 0.922 bits per heavy atom. The van der Waals surface area contributed by atoms with Crippen LogP contribution in [0.1, 0.15) is 78.4 Å². The van der Waals surface area contributed by atoms with Gasteiger partial charge in [0.25, 0.3) is 32.2 Å². The van der Waals surface area contributed by atoms with Crippen molar-refractivity contribution < 1.29 is 69.4 Å². The number of aromatic nitrogens is 3. The number of hydrogen-bond acceptors (Lipinski definition) is 16. The lowest BCUT2D eigenvalue weighted by Gasteiger charge is -2.29. The first-order valence-electron chi connectivity index (χ1n) is 34.4. The second kappa shape index (κ2) is 37.3. The number of carbonyl (C=O) groups is 3. The normalized spacial score (nSPS) is 15.4. The molecule has 8 N–H and O–H groups in total. The molecule has 0 aliphatic carbocycles. The van der Waals surface area contributed by atoms with E-state index >= 15 is 0 Å². The molecule has 1 saturated heterocycles. The van der Waals surface area contributed by atoms with Gasteiger partial charge in [0.1, 0.15) is 28.7 Å². The van der Waals surface area contributed by atoms with Crippen molar-refractivity contribution in [2.45, 2.75) is 71.5 Å². The standard InChI is InChI=1S/C74H96N11O13P3S/c1-6-7-42-84(2,3)44-34-76-70(87)32-28-60-48-63(79-73(51-60)100(91,92)68-20-13-9-14-21-68)55-82-38-36-81(54-62-47-59(50-72(78-62)99(89,90)67-18-11-8-12-19-67)25-24-58-26-30-66(31-27-58)98-57-65(86)53-75)37-39-83(41-40-82)56-64-49-61(52-74(80-64)101(93,94)69-22-15-10-16-23-69)29-33-71(88)77-35-45-85(4,5)43-17-46-102(95,96)97/h8-16,18-23,26-27,30-31,47-52H,6-7,17,28-29,32-46,53-57,75H2,1-5H3,(H4-2,76,77,87,88,89,90,91,92,93,94,95,96,97)/p+2. The lowest BCUT2D eigenvalue weighted by atomic mass is 10.1. The number of rotatable bonds is 35. The molecule has 3 aromatic heterocycles. The molecule has 4 aromatic carbocycles. The van der Waals surface area contributed by atoms with Crippen LogP contribution in [-0.2, 0) is 70.7 Å². The number of likely N-dealkylation sites (N-methyl/N-ethyl adjacent to an activating group) is 2. The Hall–Kier alpha value is -7.46. The van der Waals surface area contributed by atoms with Crippen molar-refractivity contribution in [2.24, 2.45) is 5.73 Å². The lowest BCUT2D eigenvalue weighted by Crippen LogP contribution is -2.46. The number of benzene rings is 4. The van der Waals surface area contributed by atoms with Crippen LogP contribution in [0, 0.1) is 11.8 Å². The van der Waals surface area contributed by atoms with Gasteiger partial charge in [-0.1, -0.05) is 79.8 Å². The van der Waals surface area contributed by atoms with Crippen LogP contribution in [0.15, 0.2) is 152 Å². The van der Waals surface area contributed by atoms with Gasteiger partial charge in [-0.3, -0.25) is 47.3 Å². The lowest BCUT2D eigenvalue weighted by molar-refractivity contribution is -0.889. The molecule has 24 nitrogen and oxygen atoms in total. The fourth-order valence-electron chi connectivity index (χ4n) is 11.7. The second-order valence-corrected chi connectivity index (χ2v) is 35.1. The molecule has 1 aliphatic rings. The zero-order chi connectivity index (χ0) is 73.6. The number of Topliss-reactive ketones (excluding diaryl/α,β-unsaturated/α-hetero) is 1. The Balaban J connectivity index is 1.13. The third-order valence-corrected chi connectivity index (χ3v) is 24.1. The number of ether oxygens (including phenoxy) is 1. The third kappa shape index (κ3) is 25.5. The molecule has 3 atom stereocenters. The van der Waals surface area contributed by atoms with Gasteiger partial charge in [-0.2, -0.15) is 8.42 Å². The van der Waals surface area contributed by atoms with E-state index in [-0.39, 0.29) is 120 Å². The van der Waals surface area contributed by atoms with Gasteiger partial charge in [0.05, 0.1) is 96.8 Å². The van der Waals surface area contributed by atoms with Gasteiger partial charge < -0.3 is 44.8 Å². The molecule has 7 aromatic rings. The largest absolute Gasteiger partial charge is 0.486 e. The summed E-state index contributed by atoms with van der Waals surface area (Å²) in [7, 11) is -8.89. The first kappa shape index (κ1) is 80.2. The number of ketones is 1. The summed E-state index contributed by atoms with van der Waals surface area (Å²) < 4.78 is 82.6.